The maximum absolute atomic E-state index is 11.4. The second-order valence-electron chi connectivity index (χ2n) is 7.65. The van der Waals surface area contributed by atoms with Crippen LogP contribution in [0, 0.1) is 6.92 Å². The maximum Gasteiger partial charge on any atom is 0.219 e. The van der Waals surface area contributed by atoms with Crippen LogP contribution >= 0.6 is 0 Å². The highest BCUT2D eigenvalue weighted by Gasteiger charge is 2.17. The smallest absolute Gasteiger partial charge is 0.219 e. The number of nitrogens with one attached hydrogen (secondary N) is 3. The molecule has 1 aromatic heterocycles. The maximum atomic E-state index is 11.4. The summed E-state index contributed by atoms with van der Waals surface area (Å²) in [6, 6.07) is 6.55. The average Bonchev–Trinajstić information content (AvgIpc) is 3.10. The summed E-state index contributed by atoms with van der Waals surface area (Å²) in [6.45, 7) is 12.7. The molecule has 7 heteroatoms. The molecule has 1 fully saturated rings. The lowest BCUT2D eigenvalue weighted by molar-refractivity contribution is -0.130. The van der Waals surface area contributed by atoms with Gasteiger partial charge in [-0.3, -0.25) is 14.7 Å². The Morgan fingerprint density at radius 1 is 1.21 bits per heavy atom. The van der Waals surface area contributed by atoms with Crippen molar-refractivity contribution in [2.24, 2.45) is 4.99 Å². The molecular formula is C22H34N6O. The fourth-order valence-electron chi connectivity index (χ4n) is 3.75. The number of rotatable bonds is 7. The Bertz CT molecular complexity index is 835. The Morgan fingerprint density at radius 3 is 2.72 bits per heavy atom. The summed E-state index contributed by atoms with van der Waals surface area (Å²) in [5, 5.41) is 8.07. The lowest BCUT2D eigenvalue weighted by Gasteiger charge is -2.33. The second kappa shape index (κ2) is 10.3. The minimum atomic E-state index is 0.173. The molecule has 2 heterocycles. The number of aromatic nitrogens is 1. The van der Waals surface area contributed by atoms with Crippen LogP contribution in [-0.2, 0) is 11.2 Å². The lowest BCUT2D eigenvalue weighted by Crippen LogP contribution is -2.48. The Labute approximate surface area is 173 Å². The summed E-state index contributed by atoms with van der Waals surface area (Å²) < 4.78 is 0. The van der Waals surface area contributed by atoms with Crippen LogP contribution in [0.3, 0.4) is 0 Å². The van der Waals surface area contributed by atoms with Gasteiger partial charge in [-0.05, 0) is 37.5 Å². The number of benzene rings is 1. The van der Waals surface area contributed by atoms with Gasteiger partial charge in [0.15, 0.2) is 5.96 Å². The monoisotopic (exact) mass is 398 g/mol. The van der Waals surface area contributed by atoms with Gasteiger partial charge in [-0.15, -0.1) is 0 Å². The third kappa shape index (κ3) is 5.97. The number of carbonyl (C=O) groups excluding carboxylic acids is 1. The number of hydrogen-bond acceptors (Lipinski definition) is 3. The Morgan fingerprint density at radius 2 is 2.00 bits per heavy atom. The molecule has 1 aliphatic rings. The molecule has 0 saturated carbocycles. The first-order valence-electron chi connectivity index (χ1n) is 10.6. The third-order valence-corrected chi connectivity index (χ3v) is 5.46. The van der Waals surface area contributed by atoms with Gasteiger partial charge in [0.2, 0.25) is 5.91 Å². The van der Waals surface area contributed by atoms with Crippen LogP contribution in [0.5, 0.6) is 0 Å². The van der Waals surface area contributed by atoms with Crippen molar-refractivity contribution in [1.82, 2.24) is 25.4 Å². The Balaban J connectivity index is 1.45. The van der Waals surface area contributed by atoms with Crippen molar-refractivity contribution >= 4 is 22.8 Å². The quantitative estimate of drug-likeness (QED) is 0.491. The van der Waals surface area contributed by atoms with Gasteiger partial charge in [0.05, 0.1) is 6.54 Å². The fourth-order valence-corrected chi connectivity index (χ4v) is 3.75. The molecule has 29 heavy (non-hydrogen) atoms. The molecule has 7 nitrogen and oxygen atoms in total. The molecule has 3 rings (SSSR count). The van der Waals surface area contributed by atoms with Gasteiger partial charge in [0.25, 0.3) is 0 Å². The highest BCUT2D eigenvalue weighted by molar-refractivity contribution is 5.84. The second-order valence-corrected chi connectivity index (χ2v) is 7.65. The first-order chi connectivity index (χ1) is 14.1. The molecule has 0 bridgehead atoms. The van der Waals surface area contributed by atoms with E-state index in [0.717, 1.165) is 64.7 Å². The minimum Gasteiger partial charge on any atom is -0.361 e. The predicted molar refractivity (Wildman–Crippen MR) is 119 cm³/mol. The molecule has 2 aromatic rings. The van der Waals surface area contributed by atoms with E-state index in [1.807, 2.05) is 4.90 Å². The van der Waals surface area contributed by atoms with E-state index in [-0.39, 0.29) is 5.91 Å². The summed E-state index contributed by atoms with van der Waals surface area (Å²) >= 11 is 0. The number of aromatic amines is 1. The third-order valence-electron chi connectivity index (χ3n) is 5.46. The number of H-pyrrole nitrogens is 1. The van der Waals surface area contributed by atoms with E-state index < -0.39 is 0 Å². The van der Waals surface area contributed by atoms with E-state index in [2.05, 4.69) is 58.8 Å². The van der Waals surface area contributed by atoms with E-state index >= 15 is 0 Å². The van der Waals surface area contributed by atoms with Gasteiger partial charge in [0.1, 0.15) is 0 Å². The Hall–Kier alpha value is -2.54. The van der Waals surface area contributed by atoms with Gasteiger partial charge < -0.3 is 20.5 Å². The van der Waals surface area contributed by atoms with Crippen LogP contribution < -0.4 is 10.6 Å². The van der Waals surface area contributed by atoms with E-state index in [1.165, 1.54) is 22.0 Å². The van der Waals surface area contributed by atoms with Crippen LogP contribution in [0.1, 0.15) is 25.0 Å². The number of carbonyl (C=O) groups is 1. The molecule has 0 atom stereocenters. The molecule has 0 radical (unpaired) electrons. The number of guanidine groups is 1. The number of nitrogens with zero attached hydrogens (tertiary/aromatic N) is 3. The molecule has 1 aromatic carbocycles. The zero-order valence-electron chi connectivity index (χ0n) is 17.9. The van der Waals surface area contributed by atoms with E-state index in [0.29, 0.717) is 0 Å². The summed E-state index contributed by atoms with van der Waals surface area (Å²) in [7, 11) is 0. The van der Waals surface area contributed by atoms with E-state index in [9.17, 15) is 4.79 Å². The summed E-state index contributed by atoms with van der Waals surface area (Å²) in [5.74, 6) is 1.04. The SMILES string of the molecule is CCNC(=NCCN1CCN(C(C)=O)CC1)NCCc1c[nH]c2cc(C)ccc12. The zero-order valence-corrected chi connectivity index (χ0v) is 17.9. The zero-order chi connectivity index (χ0) is 20.6. The number of aliphatic imine (C=N–C) groups is 1. The van der Waals surface area contributed by atoms with Crippen molar-refractivity contribution in [1.29, 1.82) is 0 Å². The van der Waals surface area contributed by atoms with Crippen LogP contribution in [0.25, 0.3) is 10.9 Å². The number of amides is 1. The molecule has 0 aliphatic carbocycles. The first-order valence-corrected chi connectivity index (χ1v) is 10.6. The van der Waals surface area contributed by atoms with Crippen molar-refractivity contribution in [3.8, 4) is 0 Å². The molecule has 1 saturated heterocycles. The largest absolute Gasteiger partial charge is 0.361 e. The molecular weight excluding hydrogens is 364 g/mol. The van der Waals surface area contributed by atoms with Crippen molar-refractivity contribution in [2.45, 2.75) is 27.2 Å². The number of aryl methyl sites for hydroxylation is 1. The van der Waals surface area contributed by atoms with Gasteiger partial charge in [-0.2, -0.15) is 0 Å². The Kier molecular flexibility index (Phi) is 7.52. The van der Waals surface area contributed by atoms with Gasteiger partial charge >= 0.3 is 0 Å². The standard InChI is InChI=1S/C22H34N6O/c1-4-23-22(25-9-10-27-11-13-28(14-12-27)18(3)29)24-8-7-19-16-26-21-15-17(2)5-6-20(19)21/h5-6,15-16,26H,4,7-14H2,1-3H3,(H2,23,24,25). The van der Waals surface area contributed by atoms with Gasteiger partial charge in [-0.25, -0.2) is 0 Å². The van der Waals surface area contributed by atoms with Crippen LogP contribution in [0.2, 0.25) is 0 Å². The van der Waals surface area contributed by atoms with Crippen LogP contribution in [0.15, 0.2) is 29.4 Å². The van der Waals surface area contributed by atoms with Crippen LogP contribution in [0.4, 0.5) is 0 Å². The topological polar surface area (TPSA) is 75.8 Å². The molecule has 3 N–H and O–H groups in total. The van der Waals surface area contributed by atoms with Crippen molar-refractivity contribution in [3.63, 3.8) is 0 Å². The van der Waals surface area contributed by atoms with Gasteiger partial charge in [-0.1, -0.05) is 12.1 Å². The normalized spacial score (nSPS) is 15.7. The minimum absolute atomic E-state index is 0.173. The van der Waals surface area contributed by atoms with E-state index in [1.54, 1.807) is 6.92 Å². The molecule has 1 amide bonds. The summed E-state index contributed by atoms with van der Waals surface area (Å²) in [4.78, 5) is 23.8. The number of piperazine rings is 1. The summed E-state index contributed by atoms with van der Waals surface area (Å²) in [6.07, 6.45) is 3.05. The average molecular weight is 399 g/mol. The van der Waals surface area contributed by atoms with E-state index in [4.69, 9.17) is 4.99 Å². The molecule has 1 aliphatic heterocycles. The highest BCUT2D eigenvalue weighted by Crippen LogP contribution is 2.19. The van der Waals surface area contributed by atoms with Crippen LogP contribution in [-0.4, -0.2) is 79.0 Å². The lowest BCUT2D eigenvalue weighted by atomic mass is 10.1. The molecule has 0 spiro atoms. The predicted octanol–water partition coefficient (Wildman–Crippen LogP) is 1.74. The van der Waals surface area contributed by atoms with Gasteiger partial charge in [0, 0.05) is 69.8 Å². The first kappa shape index (κ1) is 21.2. The molecule has 158 valence electrons. The summed E-state index contributed by atoms with van der Waals surface area (Å²) in [5.41, 5.74) is 3.80. The fraction of sp³-hybridized carbons (Fsp3) is 0.545. The van der Waals surface area contributed by atoms with Crippen molar-refractivity contribution in [3.05, 3.63) is 35.5 Å². The number of hydrogen-bond donors (Lipinski definition) is 3. The van der Waals surface area contributed by atoms with Crippen molar-refractivity contribution in [2.75, 3.05) is 52.4 Å². The number of fused-ring (bicyclic) bond motifs is 1. The van der Waals surface area contributed by atoms with Crippen molar-refractivity contribution < 1.29 is 4.79 Å². The molecule has 0 unspecified atom stereocenters. The highest BCUT2D eigenvalue weighted by atomic mass is 16.2.